The van der Waals surface area contributed by atoms with Gasteiger partial charge in [0.2, 0.25) is 0 Å². The Hall–Kier alpha value is -2.63. The number of hydrogen-bond donors (Lipinski definition) is 1. The molecular formula is C16H17N3O3. The minimum absolute atomic E-state index is 0.229. The number of carboxylic acid groups (broad SMARTS) is 1. The number of likely N-dealkylation sites (tertiary alicyclic amines) is 1. The second kappa shape index (κ2) is 5.63. The summed E-state index contributed by atoms with van der Waals surface area (Å²) in [5, 5.41) is 13.4. The minimum atomic E-state index is -0.936. The SMILES string of the molecule is Cc1cnn(-c2ccc(C(=O)N3CCC[C@H]3C(=O)O)cc2)c1. The van der Waals surface area contributed by atoms with Gasteiger partial charge in [-0.15, -0.1) is 0 Å². The molecule has 1 N–H and O–H groups in total. The van der Waals surface area contributed by atoms with Crippen LogP contribution in [0.15, 0.2) is 36.7 Å². The van der Waals surface area contributed by atoms with Gasteiger partial charge in [0, 0.05) is 18.3 Å². The number of aromatic nitrogens is 2. The fraction of sp³-hybridized carbons (Fsp3) is 0.312. The van der Waals surface area contributed by atoms with Crippen LogP contribution in [0.1, 0.15) is 28.8 Å². The second-order valence-corrected chi connectivity index (χ2v) is 5.50. The summed E-state index contributed by atoms with van der Waals surface area (Å²) in [6.07, 6.45) is 4.91. The first kappa shape index (κ1) is 14.3. The van der Waals surface area contributed by atoms with Crippen LogP contribution in [0.25, 0.3) is 5.69 Å². The number of carbonyl (C=O) groups is 2. The highest BCUT2D eigenvalue weighted by Crippen LogP contribution is 2.21. The first-order valence-electron chi connectivity index (χ1n) is 7.22. The number of rotatable bonds is 3. The van der Waals surface area contributed by atoms with Gasteiger partial charge in [0.25, 0.3) is 5.91 Å². The van der Waals surface area contributed by atoms with Crippen LogP contribution >= 0.6 is 0 Å². The zero-order valence-corrected chi connectivity index (χ0v) is 12.3. The molecule has 6 nitrogen and oxygen atoms in total. The molecule has 1 saturated heterocycles. The zero-order chi connectivity index (χ0) is 15.7. The molecule has 6 heteroatoms. The summed E-state index contributed by atoms with van der Waals surface area (Å²) in [6.45, 7) is 2.46. The summed E-state index contributed by atoms with van der Waals surface area (Å²) in [5.41, 5.74) is 2.42. The second-order valence-electron chi connectivity index (χ2n) is 5.50. The molecule has 114 valence electrons. The maximum Gasteiger partial charge on any atom is 0.326 e. The van der Waals surface area contributed by atoms with Gasteiger partial charge in [0.05, 0.1) is 11.9 Å². The number of aliphatic carboxylic acids is 1. The molecule has 3 rings (SSSR count). The van der Waals surface area contributed by atoms with Crippen molar-refractivity contribution >= 4 is 11.9 Å². The standard InChI is InChI=1S/C16H17N3O3/c1-11-9-17-19(10-11)13-6-4-12(5-7-13)15(20)18-8-2-3-14(18)16(21)22/h4-7,9-10,14H,2-3,8H2,1H3,(H,21,22)/t14-/m0/s1. The third kappa shape index (κ3) is 2.59. The molecule has 1 aliphatic rings. The van der Waals surface area contributed by atoms with Crippen LogP contribution < -0.4 is 0 Å². The lowest BCUT2D eigenvalue weighted by atomic mass is 10.1. The van der Waals surface area contributed by atoms with Crippen LogP contribution in [0.5, 0.6) is 0 Å². The van der Waals surface area contributed by atoms with E-state index in [0.717, 1.165) is 17.7 Å². The van der Waals surface area contributed by atoms with Gasteiger partial charge in [-0.25, -0.2) is 9.48 Å². The topological polar surface area (TPSA) is 75.4 Å². The van der Waals surface area contributed by atoms with E-state index in [0.29, 0.717) is 18.5 Å². The summed E-state index contributed by atoms with van der Waals surface area (Å²) in [6, 6.07) is 6.34. The number of nitrogens with zero attached hydrogens (tertiary/aromatic N) is 3. The molecule has 22 heavy (non-hydrogen) atoms. The molecule has 1 fully saturated rings. The van der Waals surface area contributed by atoms with E-state index in [-0.39, 0.29) is 5.91 Å². The molecule has 1 aromatic heterocycles. The molecule has 1 aromatic carbocycles. The molecule has 0 spiro atoms. The average Bonchev–Trinajstić information content (AvgIpc) is 3.15. The third-order valence-corrected chi connectivity index (χ3v) is 3.89. The molecule has 0 unspecified atom stereocenters. The summed E-state index contributed by atoms with van der Waals surface area (Å²) in [5.74, 6) is -1.16. The number of hydrogen-bond acceptors (Lipinski definition) is 3. The molecule has 1 atom stereocenters. The van der Waals surface area contributed by atoms with Crippen LogP contribution in [-0.4, -0.2) is 44.3 Å². The van der Waals surface area contributed by atoms with Gasteiger partial charge in [-0.1, -0.05) is 0 Å². The van der Waals surface area contributed by atoms with Gasteiger partial charge in [-0.05, 0) is 49.6 Å². The van der Waals surface area contributed by atoms with Crippen molar-refractivity contribution in [3.8, 4) is 5.69 Å². The van der Waals surface area contributed by atoms with Crippen LogP contribution in [0.2, 0.25) is 0 Å². The number of aryl methyl sites for hydroxylation is 1. The largest absolute Gasteiger partial charge is 0.480 e. The van der Waals surface area contributed by atoms with E-state index in [2.05, 4.69) is 5.10 Å². The average molecular weight is 299 g/mol. The summed E-state index contributed by atoms with van der Waals surface area (Å²) >= 11 is 0. The van der Waals surface area contributed by atoms with E-state index in [4.69, 9.17) is 5.11 Å². The Morgan fingerprint density at radius 3 is 2.59 bits per heavy atom. The first-order valence-corrected chi connectivity index (χ1v) is 7.22. The van der Waals surface area contributed by atoms with Crippen LogP contribution in [0.4, 0.5) is 0 Å². The molecule has 0 bridgehead atoms. The molecule has 2 aromatic rings. The Morgan fingerprint density at radius 2 is 2.00 bits per heavy atom. The van der Waals surface area contributed by atoms with Crippen molar-refractivity contribution in [2.45, 2.75) is 25.8 Å². The Balaban J connectivity index is 1.80. The maximum absolute atomic E-state index is 12.5. The highest BCUT2D eigenvalue weighted by Gasteiger charge is 2.34. The van der Waals surface area contributed by atoms with Crippen LogP contribution in [0, 0.1) is 6.92 Å². The van der Waals surface area contributed by atoms with E-state index in [1.807, 2.05) is 25.3 Å². The molecule has 0 saturated carbocycles. The van der Waals surface area contributed by atoms with Crippen molar-refractivity contribution in [2.24, 2.45) is 0 Å². The predicted octanol–water partition coefficient (Wildman–Crippen LogP) is 1.87. The van der Waals surface area contributed by atoms with E-state index in [1.165, 1.54) is 4.90 Å². The van der Waals surface area contributed by atoms with E-state index >= 15 is 0 Å². The van der Waals surface area contributed by atoms with Gasteiger partial charge < -0.3 is 10.0 Å². The normalized spacial score (nSPS) is 17.7. The van der Waals surface area contributed by atoms with Crippen LogP contribution in [0.3, 0.4) is 0 Å². The Morgan fingerprint density at radius 1 is 1.27 bits per heavy atom. The predicted molar refractivity (Wildman–Crippen MR) is 80.0 cm³/mol. The summed E-state index contributed by atoms with van der Waals surface area (Å²) in [4.78, 5) is 25.1. The summed E-state index contributed by atoms with van der Waals surface area (Å²) in [7, 11) is 0. The molecule has 2 heterocycles. The molecular weight excluding hydrogens is 282 g/mol. The van der Waals surface area contributed by atoms with Crippen LogP contribution in [-0.2, 0) is 4.79 Å². The fourth-order valence-electron chi connectivity index (χ4n) is 2.74. The van der Waals surface area contributed by atoms with E-state index in [9.17, 15) is 9.59 Å². The first-order chi connectivity index (χ1) is 10.6. The number of carboxylic acids is 1. The molecule has 1 aliphatic heterocycles. The molecule has 0 aliphatic carbocycles. The number of carbonyl (C=O) groups excluding carboxylic acids is 1. The van der Waals surface area contributed by atoms with Crippen molar-refractivity contribution in [3.05, 3.63) is 47.8 Å². The Kier molecular flexibility index (Phi) is 3.66. The monoisotopic (exact) mass is 299 g/mol. The lowest BCUT2D eigenvalue weighted by Gasteiger charge is -2.21. The lowest BCUT2D eigenvalue weighted by Crippen LogP contribution is -2.40. The minimum Gasteiger partial charge on any atom is -0.480 e. The van der Waals surface area contributed by atoms with Crippen molar-refractivity contribution < 1.29 is 14.7 Å². The van der Waals surface area contributed by atoms with Crippen molar-refractivity contribution in [1.82, 2.24) is 14.7 Å². The number of benzene rings is 1. The van der Waals surface area contributed by atoms with Gasteiger partial charge in [0.1, 0.15) is 6.04 Å². The maximum atomic E-state index is 12.5. The van der Waals surface area contributed by atoms with Gasteiger partial charge in [-0.3, -0.25) is 4.79 Å². The summed E-state index contributed by atoms with van der Waals surface area (Å²) < 4.78 is 1.74. The zero-order valence-electron chi connectivity index (χ0n) is 12.3. The van der Waals surface area contributed by atoms with Gasteiger partial charge in [-0.2, -0.15) is 5.10 Å². The van der Waals surface area contributed by atoms with Crippen molar-refractivity contribution in [2.75, 3.05) is 6.54 Å². The van der Waals surface area contributed by atoms with Crippen molar-refractivity contribution in [1.29, 1.82) is 0 Å². The highest BCUT2D eigenvalue weighted by molar-refractivity contribution is 5.97. The van der Waals surface area contributed by atoms with Gasteiger partial charge in [0.15, 0.2) is 0 Å². The smallest absolute Gasteiger partial charge is 0.326 e. The quantitative estimate of drug-likeness (QED) is 0.938. The highest BCUT2D eigenvalue weighted by atomic mass is 16.4. The van der Waals surface area contributed by atoms with Gasteiger partial charge >= 0.3 is 5.97 Å². The Bertz CT molecular complexity index is 706. The number of amides is 1. The van der Waals surface area contributed by atoms with E-state index in [1.54, 1.807) is 23.0 Å². The lowest BCUT2D eigenvalue weighted by molar-refractivity contribution is -0.141. The van der Waals surface area contributed by atoms with Crippen molar-refractivity contribution in [3.63, 3.8) is 0 Å². The molecule has 1 amide bonds. The Labute approximate surface area is 128 Å². The van der Waals surface area contributed by atoms with E-state index < -0.39 is 12.0 Å². The third-order valence-electron chi connectivity index (χ3n) is 3.89. The molecule has 0 radical (unpaired) electrons. The fourth-order valence-corrected chi connectivity index (χ4v) is 2.74.